The van der Waals surface area contributed by atoms with Gasteiger partial charge in [-0.25, -0.2) is 4.98 Å². The van der Waals surface area contributed by atoms with Crippen LogP contribution in [-0.4, -0.2) is 41.0 Å². The number of carbonyl (C=O) groups excluding carboxylic acids is 1. The fourth-order valence-corrected chi connectivity index (χ4v) is 3.08. The van der Waals surface area contributed by atoms with Gasteiger partial charge in [0, 0.05) is 0 Å². The van der Waals surface area contributed by atoms with Crippen molar-refractivity contribution >= 4 is 53.5 Å². The molecule has 8 heteroatoms. The summed E-state index contributed by atoms with van der Waals surface area (Å²) in [4.78, 5) is 20.2. The van der Waals surface area contributed by atoms with Crippen LogP contribution in [0.1, 0.15) is 31.1 Å². The first-order chi connectivity index (χ1) is 11.3. The van der Waals surface area contributed by atoms with Gasteiger partial charge in [-0.3, -0.25) is 4.79 Å². The van der Waals surface area contributed by atoms with Gasteiger partial charge in [-0.1, -0.05) is 12.1 Å². The minimum atomic E-state index is -0.0647. The number of fused-ring (bicyclic) bond motifs is 1. The largest absolute Gasteiger partial charge is 0.345 e. The number of halogens is 2. The van der Waals surface area contributed by atoms with Crippen molar-refractivity contribution < 1.29 is 4.79 Å². The molecule has 1 saturated carbocycles. The summed E-state index contributed by atoms with van der Waals surface area (Å²) < 4.78 is 0. The maximum absolute atomic E-state index is 12.2. The highest BCUT2D eigenvalue weighted by molar-refractivity contribution is 7.98. The van der Waals surface area contributed by atoms with E-state index in [1.165, 1.54) is 12.8 Å². The molecule has 3 rings (SSSR count). The molecule has 0 bridgehead atoms. The SMILES string of the molecule is CSCCC(NC(=O)CNCC1CC1)c1nc2ccccc2[nH]1.Cl.Cl. The molecule has 1 aliphatic carbocycles. The third-order valence-electron chi connectivity index (χ3n) is 4.10. The Bertz CT molecular complexity index is 630. The first-order valence-electron chi connectivity index (χ1n) is 8.20. The molecule has 1 fully saturated rings. The standard InChI is InChI=1S/C17H24N4OS.2ClH/c1-23-9-8-15(19-16(22)11-18-10-12-6-7-12)17-20-13-4-2-3-5-14(13)21-17;;/h2-5,12,15,18H,6-11H2,1H3,(H,19,22)(H,20,21);2*1H. The molecule has 0 radical (unpaired) electrons. The lowest BCUT2D eigenvalue weighted by Gasteiger charge is -2.16. The molecular weight excluding hydrogens is 379 g/mol. The van der Waals surface area contributed by atoms with Crippen LogP contribution in [0.15, 0.2) is 24.3 Å². The second kappa shape index (κ2) is 10.9. The molecule has 3 N–H and O–H groups in total. The molecule has 1 aromatic heterocycles. The molecule has 5 nitrogen and oxygen atoms in total. The van der Waals surface area contributed by atoms with Crippen LogP contribution >= 0.6 is 36.6 Å². The first kappa shape index (κ1) is 22.1. The zero-order valence-corrected chi connectivity index (χ0v) is 16.7. The number of aromatic amines is 1. The number of H-pyrrole nitrogens is 1. The van der Waals surface area contributed by atoms with Gasteiger partial charge in [0.15, 0.2) is 0 Å². The van der Waals surface area contributed by atoms with E-state index in [2.05, 4.69) is 26.9 Å². The maximum atomic E-state index is 12.2. The third-order valence-corrected chi connectivity index (χ3v) is 4.74. The van der Waals surface area contributed by atoms with E-state index in [1.807, 2.05) is 24.3 Å². The van der Waals surface area contributed by atoms with E-state index in [0.29, 0.717) is 6.54 Å². The number of thioether (sulfide) groups is 1. The van der Waals surface area contributed by atoms with Crippen LogP contribution in [0.3, 0.4) is 0 Å². The summed E-state index contributed by atoms with van der Waals surface area (Å²) in [6, 6.07) is 7.90. The van der Waals surface area contributed by atoms with Crippen LogP contribution in [0, 0.1) is 5.92 Å². The van der Waals surface area contributed by atoms with Crippen LogP contribution in [0.5, 0.6) is 0 Å². The number of hydrogen-bond donors (Lipinski definition) is 3. The number of carbonyl (C=O) groups is 1. The molecule has 140 valence electrons. The summed E-state index contributed by atoms with van der Waals surface area (Å²) in [5, 5.41) is 6.35. The quantitative estimate of drug-likeness (QED) is 0.599. The van der Waals surface area contributed by atoms with Crippen molar-refractivity contribution in [3.05, 3.63) is 30.1 Å². The summed E-state index contributed by atoms with van der Waals surface area (Å²) in [5.41, 5.74) is 1.95. The lowest BCUT2D eigenvalue weighted by atomic mass is 10.2. The van der Waals surface area contributed by atoms with E-state index in [-0.39, 0.29) is 36.8 Å². The van der Waals surface area contributed by atoms with Crippen molar-refractivity contribution in [1.29, 1.82) is 0 Å². The van der Waals surface area contributed by atoms with Crippen molar-refractivity contribution in [1.82, 2.24) is 20.6 Å². The van der Waals surface area contributed by atoms with E-state index >= 15 is 0 Å². The summed E-state index contributed by atoms with van der Waals surface area (Å²) in [5.74, 6) is 2.65. The van der Waals surface area contributed by atoms with Crippen molar-refractivity contribution in [3.63, 3.8) is 0 Å². The predicted molar refractivity (Wildman–Crippen MR) is 110 cm³/mol. The maximum Gasteiger partial charge on any atom is 0.234 e. The van der Waals surface area contributed by atoms with Crippen LogP contribution < -0.4 is 10.6 Å². The number of nitrogens with zero attached hydrogens (tertiary/aromatic N) is 1. The monoisotopic (exact) mass is 404 g/mol. The van der Waals surface area contributed by atoms with Crippen LogP contribution in [0.2, 0.25) is 0 Å². The molecule has 25 heavy (non-hydrogen) atoms. The lowest BCUT2D eigenvalue weighted by molar-refractivity contribution is -0.121. The molecule has 2 aromatic rings. The van der Waals surface area contributed by atoms with Gasteiger partial charge < -0.3 is 15.6 Å². The Morgan fingerprint density at radius 1 is 1.36 bits per heavy atom. The van der Waals surface area contributed by atoms with E-state index in [4.69, 9.17) is 0 Å². The number of nitrogens with one attached hydrogen (secondary N) is 3. The van der Waals surface area contributed by atoms with Crippen molar-refractivity contribution in [2.75, 3.05) is 25.1 Å². The second-order valence-corrected chi connectivity index (χ2v) is 7.10. The fraction of sp³-hybridized carbons (Fsp3) is 0.529. The van der Waals surface area contributed by atoms with E-state index < -0.39 is 0 Å². The number of rotatable bonds is 9. The molecule has 1 unspecified atom stereocenters. The summed E-state index contributed by atoms with van der Waals surface area (Å²) in [7, 11) is 0. The number of para-hydroxylation sites is 2. The van der Waals surface area contributed by atoms with Gasteiger partial charge >= 0.3 is 0 Å². The van der Waals surface area contributed by atoms with Gasteiger partial charge in [-0.05, 0) is 55.9 Å². The Hall–Kier alpha value is -0.950. The Labute approximate surface area is 165 Å². The minimum Gasteiger partial charge on any atom is -0.345 e. The van der Waals surface area contributed by atoms with Crippen molar-refractivity contribution in [3.8, 4) is 0 Å². The molecule has 0 aliphatic heterocycles. The van der Waals surface area contributed by atoms with E-state index in [9.17, 15) is 4.79 Å². The Kier molecular flexibility index (Phi) is 9.64. The molecule has 1 amide bonds. The molecular formula is C17H26Cl2N4OS. The van der Waals surface area contributed by atoms with Crippen LogP contribution in [0.25, 0.3) is 11.0 Å². The Balaban J connectivity index is 0.00000156. The highest BCUT2D eigenvalue weighted by Gasteiger charge is 2.21. The van der Waals surface area contributed by atoms with Gasteiger partial charge in [0.25, 0.3) is 0 Å². The van der Waals surface area contributed by atoms with Gasteiger partial charge in [0.05, 0.1) is 23.6 Å². The summed E-state index contributed by atoms with van der Waals surface area (Å²) in [6.45, 7) is 1.33. The van der Waals surface area contributed by atoms with Crippen molar-refractivity contribution in [2.24, 2.45) is 5.92 Å². The van der Waals surface area contributed by atoms with Gasteiger partial charge in [0.2, 0.25) is 5.91 Å². The molecule has 0 spiro atoms. The van der Waals surface area contributed by atoms with Gasteiger partial charge in [-0.15, -0.1) is 24.8 Å². The molecule has 1 heterocycles. The molecule has 0 saturated heterocycles. The summed E-state index contributed by atoms with van der Waals surface area (Å²) >= 11 is 1.78. The highest BCUT2D eigenvalue weighted by Crippen LogP contribution is 2.27. The first-order valence-corrected chi connectivity index (χ1v) is 9.59. The van der Waals surface area contributed by atoms with Crippen LogP contribution in [0.4, 0.5) is 0 Å². The number of imidazole rings is 1. The van der Waals surface area contributed by atoms with E-state index in [0.717, 1.165) is 41.5 Å². The van der Waals surface area contributed by atoms with Gasteiger partial charge in [0.1, 0.15) is 5.82 Å². The predicted octanol–water partition coefficient (Wildman–Crippen LogP) is 3.32. The summed E-state index contributed by atoms with van der Waals surface area (Å²) in [6.07, 6.45) is 5.54. The van der Waals surface area contributed by atoms with E-state index in [1.54, 1.807) is 11.8 Å². The topological polar surface area (TPSA) is 69.8 Å². The van der Waals surface area contributed by atoms with Gasteiger partial charge in [-0.2, -0.15) is 11.8 Å². The lowest BCUT2D eigenvalue weighted by Crippen LogP contribution is -2.37. The molecule has 1 aliphatic rings. The number of hydrogen-bond acceptors (Lipinski definition) is 4. The van der Waals surface area contributed by atoms with Crippen LogP contribution in [-0.2, 0) is 4.79 Å². The smallest absolute Gasteiger partial charge is 0.234 e. The average molecular weight is 405 g/mol. The average Bonchev–Trinajstić information content (AvgIpc) is 3.27. The third kappa shape index (κ3) is 6.70. The fourth-order valence-electron chi connectivity index (χ4n) is 2.61. The second-order valence-electron chi connectivity index (χ2n) is 6.12. The highest BCUT2D eigenvalue weighted by atomic mass is 35.5. The van der Waals surface area contributed by atoms with Crippen molar-refractivity contribution in [2.45, 2.75) is 25.3 Å². The minimum absolute atomic E-state index is 0. The zero-order chi connectivity index (χ0) is 16.1. The number of benzene rings is 1. The Morgan fingerprint density at radius 2 is 2.12 bits per heavy atom. The zero-order valence-electron chi connectivity index (χ0n) is 14.3. The number of aromatic nitrogens is 2. The molecule has 1 atom stereocenters. The Morgan fingerprint density at radius 3 is 2.80 bits per heavy atom. The number of amides is 1. The molecule has 1 aromatic carbocycles. The normalized spacial score (nSPS) is 14.4.